The van der Waals surface area contributed by atoms with Gasteiger partial charge in [-0.25, -0.2) is 4.79 Å². The summed E-state index contributed by atoms with van der Waals surface area (Å²) in [5.74, 6) is 1.34. The summed E-state index contributed by atoms with van der Waals surface area (Å²) < 4.78 is 10.3. The Hall–Kier alpha value is -1.80. The van der Waals surface area contributed by atoms with Gasteiger partial charge in [0.05, 0.1) is 19.8 Å². The summed E-state index contributed by atoms with van der Waals surface area (Å²) in [6.45, 7) is 3.65. The number of isocyanates is 1. The summed E-state index contributed by atoms with van der Waals surface area (Å²) in [5.41, 5.74) is 0.205. The highest BCUT2D eigenvalue weighted by molar-refractivity contribution is 5.43. The van der Waals surface area contributed by atoms with Gasteiger partial charge in [-0.3, -0.25) is 0 Å². The summed E-state index contributed by atoms with van der Waals surface area (Å²) in [6, 6.07) is 5.41. The standard InChI is InChI=1S/C12H15NO3/c1-12(2,13-8-14)9-5-10(15-3)7-11(6-9)16-4/h5-7H,1-4H3. The van der Waals surface area contributed by atoms with Crippen LogP contribution in [0.3, 0.4) is 0 Å². The topological polar surface area (TPSA) is 47.9 Å². The van der Waals surface area contributed by atoms with Crippen molar-refractivity contribution in [1.82, 2.24) is 0 Å². The smallest absolute Gasteiger partial charge is 0.235 e. The lowest BCUT2D eigenvalue weighted by atomic mass is 9.95. The van der Waals surface area contributed by atoms with Crippen molar-refractivity contribution in [3.05, 3.63) is 23.8 Å². The van der Waals surface area contributed by atoms with Gasteiger partial charge in [0, 0.05) is 6.07 Å². The summed E-state index contributed by atoms with van der Waals surface area (Å²) in [7, 11) is 3.16. The predicted octanol–water partition coefficient (Wildman–Crippen LogP) is 2.27. The fraction of sp³-hybridized carbons (Fsp3) is 0.417. The molecule has 16 heavy (non-hydrogen) atoms. The van der Waals surface area contributed by atoms with E-state index in [-0.39, 0.29) is 0 Å². The number of ether oxygens (including phenoxy) is 2. The Balaban J connectivity index is 3.27. The van der Waals surface area contributed by atoms with Crippen LogP contribution in [0.25, 0.3) is 0 Å². The number of carbonyl (C=O) groups excluding carboxylic acids is 1. The van der Waals surface area contributed by atoms with E-state index in [9.17, 15) is 4.79 Å². The first-order valence-electron chi connectivity index (χ1n) is 4.86. The molecule has 0 aliphatic heterocycles. The fourth-order valence-corrected chi connectivity index (χ4v) is 1.34. The molecule has 0 spiro atoms. The van der Waals surface area contributed by atoms with E-state index in [2.05, 4.69) is 4.99 Å². The third kappa shape index (κ3) is 2.61. The van der Waals surface area contributed by atoms with Gasteiger partial charge in [-0.15, -0.1) is 0 Å². The highest BCUT2D eigenvalue weighted by Crippen LogP contribution is 2.31. The Labute approximate surface area is 94.9 Å². The molecule has 0 unspecified atom stereocenters. The number of nitrogens with zero attached hydrogens (tertiary/aromatic N) is 1. The fourth-order valence-electron chi connectivity index (χ4n) is 1.34. The number of hydrogen-bond acceptors (Lipinski definition) is 4. The monoisotopic (exact) mass is 221 g/mol. The average Bonchev–Trinajstić information content (AvgIpc) is 2.28. The van der Waals surface area contributed by atoms with Crippen LogP contribution in [0.5, 0.6) is 11.5 Å². The van der Waals surface area contributed by atoms with Crippen molar-refractivity contribution in [2.45, 2.75) is 19.4 Å². The SMILES string of the molecule is COc1cc(OC)cc(C(C)(C)N=C=O)c1. The van der Waals surface area contributed by atoms with Gasteiger partial charge in [-0.1, -0.05) is 0 Å². The summed E-state index contributed by atoms with van der Waals surface area (Å²) in [4.78, 5) is 14.1. The lowest BCUT2D eigenvalue weighted by Gasteiger charge is -2.19. The number of methoxy groups -OCH3 is 2. The van der Waals surface area contributed by atoms with Gasteiger partial charge in [0.1, 0.15) is 11.5 Å². The molecule has 1 aromatic rings. The third-order valence-corrected chi connectivity index (χ3v) is 2.38. The quantitative estimate of drug-likeness (QED) is 0.579. The Morgan fingerprint density at radius 1 is 1.12 bits per heavy atom. The van der Waals surface area contributed by atoms with E-state index in [1.807, 2.05) is 26.0 Å². The molecule has 86 valence electrons. The molecule has 0 amide bonds. The van der Waals surface area contributed by atoms with Gasteiger partial charge in [-0.2, -0.15) is 4.99 Å². The van der Waals surface area contributed by atoms with E-state index in [1.54, 1.807) is 26.4 Å². The van der Waals surface area contributed by atoms with E-state index < -0.39 is 5.54 Å². The van der Waals surface area contributed by atoms with Gasteiger partial charge >= 0.3 is 0 Å². The molecule has 0 atom stereocenters. The highest BCUT2D eigenvalue weighted by atomic mass is 16.5. The average molecular weight is 221 g/mol. The molecule has 1 aromatic carbocycles. The van der Waals surface area contributed by atoms with Gasteiger partial charge in [0.15, 0.2) is 0 Å². The maximum absolute atomic E-state index is 10.3. The summed E-state index contributed by atoms with van der Waals surface area (Å²) in [6.07, 6.45) is 1.57. The van der Waals surface area contributed by atoms with Crippen molar-refractivity contribution in [3.63, 3.8) is 0 Å². The maximum atomic E-state index is 10.3. The van der Waals surface area contributed by atoms with Crippen molar-refractivity contribution < 1.29 is 14.3 Å². The van der Waals surface area contributed by atoms with E-state index in [0.29, 0.717) is 11.5 Å². The molecule has 0 saturated carbocycles. The van der Waals surface area contributed by atoms with Crippen LogP contribution in [0.15, 0.2) is 23.2 Å². The minimum Gasteiger partial charge on any atom is -0.497 e. The molecule has 1 rings (SSSR count). The minimum atomic E-state index is -0.635. The number of hydrogen-bond donors (Lipinski definition) is 0. The Kier molecular flexibility index (Phi) is 3.69. The van der Waals surface area contributed by atoms with Crippen LogP contribution in [-0.2, 0) is 10.3 Å². The molecule has 0 saturated heterocycles. The van der Waals surface area contributed by atoms with E-state index in [1.165, 1.54) is 0 Å². The molecule has 0 aliphatic rings. The van der Waals surface area contributed by atoms with Crippen LogP contribution in [0.2, 0.25) is 0 Å². The second-order valence-corrected chi connectivity index (χ2v) is 3.86. The van der Waals surface area contributed by atoms with Crippen molar-refractivity contribution in [1.29, 1.82) is 0 Å². The van der Waals surface area contributed by atoms with Gasteiger partial charge in [0.2, 0.25) is 6.08 Å². The summed E-state index contributed by atoms with van der Waals surface area (Å²) in [5, 5.41) is 0. The van der Waals surface area contributed by atoms with Crippen LogP contribution in [-0.4, -0.2) is 20.3 Å². The molecule has 0 radical (unpaired) electrons. The summed E-state index contributed by atoms with van der Waals surface area (Å²) >= 11 is 0. The molecule has 0 bridgehead atoms. The van der Waals surface area contributed by atoms with Gasteiger partial charge in [0.25, 0.3) is 0 Å². The first-order valence-corrected chi connectivity index (χ1v) is 4.86. The Morgan fingerprint density at radius 3 is 2.00 bits per heavy atom. The molecule has 0 aliphatic carbocycles. The number of rotatable bonds is 4. The van der Waals surface area contributed by atoms with Gasteiger partial charge < -0.3 is 9.47 Å². The van der Waals surface area contributed by atoms with Crippen LogP contribution in [0.4, 0.5) is 0 Å². The molecular weight excluding hydrogens is 206 g/mol. The van der Waals surface area contributed by atoms with E-state index in [4.69, 9.17) is 9.47 Å². The minimum absolute atomic E-state index is 0.635. The molecule has 4 heteroatoms. The molecule has 0 fully saturated rings. The molecule has 0 heterocycles. The van der Waals surface area contributed by atoms with Crippen molar-refractivity contribution in [2.75, 3.05) is 14.2 Å². The lowest BCUT2D eigenvalue weighted by Crippen LogP contribution is -2.13. The lowest BCUT2D eigenvalue weighted by molar-refractivity contribution is 0.390. The molecule has 4 nitrogen and oxygen atoms in total. The van der Waals surface area contributed by atoms with Crippen molar-refractivity contribution in [2.24, 2.45) is 4.99 Å². The predicted molar refractivity (Wildman–Crippen MR) is 60.7 cm³/mol. The van der Waals surface area contributed by atoms with Crippen LogP contribution < -0.4 is 9.47 Å². The second kappa shape index (κ2) is 4.81. The van der Waals surface area contributed by atoms with E-state index in [0.717, 1.165) is 5.56 Å². The first-order chi connectivity index (χ1) is 7.53. The maximum Gasteiger partial charge on any atom is 0.235 e. The van der Waals surface area contributed by atoms with Crippen LogP contribution in [0, 0.1) is 0 Å². The first kappa shape index (κ1) is 12.3. The zero-order chi connectivity index (χ0) is 12.2. The van der Waals surface area contributed by atoms with E-state index >= 15 is 0 Å². The normalized spacial score (nSPS) is 10.5. The second-order valence-electron chi connectivity index (χ2n) is 3.86. The number of benzene rings is 1. The van der Waals surface area contributed by atoms with Crippen molar-refractivity contribution in [3.8, 4) is 11.5 Å². The van der Waals surface area contributed by atoms with Crippen LogP contribution in [0.1, 0.15) is 19.4 Å². The largest absolute Gasteiger partial charge is 0.497 e. The molecular formula is C12H15NO3. The Bertz CT molecular complexity index is 398. The third-order valence-electron chi connectivity index (χ3n) is 2.38. The highest BCUT2D eigenvalue weighted by Gasteiger charge is 2.21. The van der Waals surface area contributed by atoms with Crippen LogP contribution >= 0.6 is 0 Å². The zero-order valence-electron chi connectivity index (χ0n) is 9.90. The van der Waals surface area contributed by atoms with Crippen molar-refractivity contribution >= 4 is 6.08 Å². The number of aliphatic imine (C=N–C) groups is 1. The van der Waals surface area contributed by atoms with Gasteiger partial charge in [-0.05, 0) is 31.5 Å². The molecule has 0 aromatic heterocycles. The molecule has 0 N–H and O–H groups in total. The Morgan fingerprint density at radius 2 is 1.62 bits per heavy atom. The zero-order valence-corrected chi connectivity index (χ0v) is 9.90.